The molecule has 0 N–H and O–H groups in total. The Balaban J connectivity index is 1.98. The van der Waals surface area contributed by atoms with Crippen LogP contribution in [0.15, 0.2) is 53.2 Å². The lowest BCUT2D eigenvalue weighted by Gasteiger charge is -2.11. The topological polar surface area (TPSA) is 57.1 Å². The van der Waals surface area contributed by atoms with E-state index in [1.54, 1.807) is 31.4 Å². The largest absolute Gasteiger partial charge is 0.493 e. The van der Waals surface area contributed by atoms with Crippen molar-refractivity contribution in [1.29, 1.82) is 0 Å². The van der Waals surface area contributed by atoms with Crippen molar-refractivity contribution in [2.75, 3.05) is 13.7 Å². The molecule has 0 saturated carbocycles. The number of rotatable bonds is 5. The zero-order chi connectivity index (χ0) is 17.8. The standard InChI is InChI=1S/C19H16FNO4/c1-3-24-17-13(5-4-6-16(17)23-2)11-15-19(22)25-18(21-15)12-7-9-14(20)10-8-12/h4-11H,3H2,1-2H3/b15-11-. The Morgan fingerprint density at radius 1 is 1.20 bits per heavy atom. The summed E-state index contributed by atoms with van der Waals surface area (Å²) < 4.78 is 29.1. The monoisotopic (exact) mass is 341 g/mol. The average Bonchev–Trinajstić information content (AvgIpc) is 2.98. The molecule has 0 bridgehead atoms. The minimum Gasteiger partial charge on any atom is -0.493 e. The van der Waals surface area contributed by atoms with Crippen molar-refractivity contribution >= 4 is 17.9 Å². The Morgan fingerprint density at radius 2 is 1.96 bits per heavy atom. The number of methoxy groups -OCH3 is 1. The van der Waals surface area contributed by atoms with Crippen LogP contribution >= 0.6 is 0 Å². The molecule has 0 unspecified atom stereocenters. The van der Waals surface area contributed by atoms with E-state index >= 15 is 0 Å². The number of carbonyl (C=O) groups is 1. The Hall–Kier alpha value is -3.15. The molecule has 0 fully saturated rings. The van der Waals surface area contributed by atoms with E-state index in [-0.39, 0.29) is 17.4 Å². The van der Waals surface area contributed by atoms with E-state index in [0.29, 0.717) is 29.2 Å². The highest BCUT2D eigenvalue weighted by Crippen LogP contribution is 2.33. The van der Waals surface area contributed by atoms with Gasteiger partial charge in [-0.3, -0.25) is 0 Å². The molecule has 2 aromatic carbocycles. The van der Waals surface area contributed by atoms with Gasteiger partial charge in [-0.1, -0.05) is 12.1 Å². The van der Waals surface area contributed by atoms with Gasteiger partial charge in [-0.2, -0.15) is 0 Å². The lowest BCUT2D eigenvalue weighted by molar-refractivity contribution is -0.129. The highest BCUT2D eigenvalue weighted by atomic mass is 19.1. The summed E-state index contributed by atoms with van der Waals surface area (Å²) in [4.78, 5) is 16.3. The van der Waals surface area contributed by atoms with Crippen LogP contribution in [0.1, 0.15) is 18.1 Å². The normalized spacial score (nSPS) is 15.1. The van der Waals surface area contributed by atoms with Gasteiger partial charge in [-0.15, -0.1) is 0 Å². The fraction of sp³-hybridized carbons (Fsp3) is 0.158. The second kappa shape index (κ2) is 7.17. The molecule has 0 saturated heterocycles. The van der Waals surface area contributed by atoms with E-state index in [0.717, 1.165) is 0 Å². The molecule has 0 radical (unpaired) electrons. The molecule has 1 heterocycles. The summed E-state index contributed by atoms with van der Waals surface area (Å²) in [5, 5.41) is 0. The molecule has 0 aromatic heterocycles. The van der Waals surface area contributed by atoms with Gasteiger partial charge in [-0.05, 0) is 43.3 Å². The van der Waals surface area contributed by atoms with Gasteiger partial charge in [-0.25, -0.2) is 14.2 Å². The first-order valence-electron chi connectivity index (χ1n) is 7.70. The molecule has 0 aliphatic carbocycles. The molecule has 1 aliphatic heterocycles. The first-order chi connectivity index (χ1) is 12.1. The van der Waals surface area contributed by atoms with E-state index in [1.807, 2.05) is 6.92 Å². The number of halogens is 1. The minimum atomic E-state index is -0.579. The van der Waals surface area contributed by atoms with Gasteiger partial charge >= 0.3 is 5.97 Å². The van der Waals surface area contributed by atoms with E-state index < -0.39 is 5.97 Å². The number of para-hydroxylation sites is 1. The van der Waals surface area contributed by atoms with Crippen molar-refractivity contribution in [1.82, 2.24) is 0 Å². The van der Waals surface area contributed by atoms with Crippen LogP contribution in [-0.4, -0.2) is 25.6 Å². The Labute approximate surface area is 144 Å². The van der Waals surface area contributed by atoms with Gasteiger partial charge in [0.1, 0.15) is 5.82 Å². The van der Waals surface area contributed by atoms with E-state index in [2.05, 4.69) is 4.99 Å². The van der Waals surface area contributed by atoms with Crippen LogP contribution in [0.4, 0.5) is 4.39 Å². The molecule has 0 amide bonds. The van der Waals surface area contributed by atoms with E-state index in [4.69, 9.17) is 14.2 Å². The number of aliphatic imine (C=N–C) groups is 1. The maximum Gasteiger partial charge on any atom is 0.363 e. The molecule has 0 atom stereocenters. The van der Waals surface area contributed by atoms with Crippen LogP contribution in [0.3, 0.4) is 0 Å². The fourth-order valence-corrected chi connectivity index (χ4v) is 2.38. The summed E-state index contributed by atoms with van der Waals surface area (Å²) in [5.74, 6) is 0.271. The van der Waals surface area contributed by atoms with E-state index in [9.17, 15) is 9.18 Å². The third kappa shape index (κ3) is 3.52. The molecular formula is C19H16FNO4. The molecule has 5 nitrogen and oxygen atoms in total. The molecule has 1 aliphatic rings. The number of benzene rings is 2. The second-order valence-corrected chi connectivity index (χ2v) is 5.15. The number of esters is 1. The van der Waals surface area contributed by atoms with Gasteiger partial charge in [0.2, 0.25) is 5.90 Å². The highest BCUT2D eigenvalue weighted by molar-refractivity contribution is 6.12. The van der Waals surface area contributed by atoms with Gasteiger partial charge in [0, 0.05) is 11.1 Å². The first-order valence-corrected chi connectivity index (χ1v) is 7.70. The fourth-order valence-electron chi connectivity index (χ4n) is 2.38. The molecule has 25 heavy (non-hydrogen) atoms. The summed E-state index contributed by atoms with van der Waals surface area (Å²) in [5.41, 5.74) is 1.31. The predicted molar refractivity (Wildman–Crippen MR) is 91.2 cm³/mol. The van der Waals surface area contributed by atoms with Crippen LogP contribution in [0.2, 0.25) is 0 Å². The average molecular weight is 341 g/mol. The van der Waals surface area contributed by atoms with Crippen LogP contribution < -0.4 is 9.47 Å². The van der Waals surface area contributed by atoms with Crippen LogP contribution in [0.25, 0.3) is 6.08 Å². The smallest absolute Gasteiger partial charge is 0.363 e. The Kier molecular flexibility index (Phi) is 4.79. The van der Waals surface area contributed by atoms with Gasteiger partial charge in [0.25, 0.3) is 0 Å². The van der Waals surface area contributed by atoms with Crippen molar-refractivity contribution in [3.63, 3.8) is 0 Å². The molecule has 0 spiro atoms. The third-order valence-corrected chi connectivity index (χ3v) is 3.52. The summed E-state index contributed by atoms with van der Waals surface area (Å²) in [6.07, 6.45) is 1.58. The number of ether oxygens (including phenoxy) is 3. The maximum atomic E-state index is 13.0. The number of hydrogen-bond donors (Lipinski definition) is 0. The molecule has 6 heteroatoms. The lowest BCUT2D eigenvalue weighted by Crippen LogP contribution is -2.05. The molecule has 128 valence electrons. The zero-order valence-corrected chi connectivity index (χ0v) is 13.8. The minimum absolute atomic E-state index is 0.133. The predicted octanol–water partition coefficient (Wildman–Crippen LogP) is 3.58. The van der Waals surface area contributed by atoms with Crippen molar-refractivity contribution < 1.29 is 23.4 Å². The van der Waals surface area contributed by atoms with Crippen molar-refractivity contribution in [3.05, 3.63) is 65.1 Å². The quantitative estimate of drug-likeness (QED) is 0.616. The number of cyclic esters (lactones) is 1. The molecule has 2 aromatic rings. The third-order valence-electron chi connectivity index (χ3n) is 3.52. The highest BCUT2D eigenvalue weighted by Gasteiger charge is 2.25. The first kappa shape index (κ1) is 16.7. The number of hydrogen-bond acceptors (Lipinski definition) is 5. The van der Waals surface area contributed by atoms with Crippen molar-refractivity contribution in [2.45, 2.75) is 6.92 Å². The Bertz CT molecular complexity index is 856. The van der Waals surface area contributed by atoms with Crippen LogP contribution in [-0.2, 0) is 9.53 Å². The second-order valence-electron chi connectivity index (χ2n) is 5.15. The summed E-state index contributed by atoms with van der Waals surface area (Å²) in [7, 11) is 1.55. The maximum absolute atomic E-state index is 13.0. The number of nitrogens with zero attached hydrogens (tertiary/aromatic N) is 1. The number of carbonyl (C=O) groups excluding carboxylic acids is 1. The Morgan fingerprint density at radius 3 is 2.64 bits per heavy atom. The molecular weight excluding hydrogens is 325 g/mol. The van der Waals surface area contributed by atoms with Crippen molar-refractivity contribution in [3.8, 4) is 11.5 Å². The van der Waals surface area contributed by atoms with Crippen molar-refractivity contribution in [2.24, 2.45) is 4.99 Å². The van der Waals surface area contributed by atoms with Gasteiger partial charge in [0.05, 0.1) is 13.7 Å². The SMILES string of the molecule is CCOc1c(/C=C2\N=C(c3ccc(F)cc3)OC2=O)cccc1OC. The van der Waals surface area contributed by atoms with Crippen LogP contribution in [0.5, 0.6) is 11.5 Å². The zero-order valence-electron chi connectivity index (χ0n) is 13.8. The van der Waals surface area contributed by atoms with Gasteiger partial charge < -0.3 is 14.2 Å². The molecule has 3 rings (SSSR count). The lowest BCUT2D eigenvalue weighted by atomic mass is 10.1. The van der Waals surface area contributed by atoms with Gasteiger partial charge in [0.15, 0.2) is 17.2 Å². The summed E-state index contributed by atoms with van der Waals surface area (Å²) >= 11 is 0. The summed E-state index contributed by atoms with van der Waals surface area (Å²) in [6, 6.07) is 10.9. The van der Waals surface area contributed by atoms with E-state index in [1.165, 1.54) is 24.3 Å². The van der Waals surface area contributed by atoms with Crippen LogP contribution in [0, 0.1) is 5.82 Å². The summed E-state index contributed by atoms with van der Waals surface area (Å²) in [6.45, 7) is 2.31.